The second-order valence-electron chi connectivity index (χ2n) is 7.41. The van der Waals surface area contributed by atoms with E-state index in [1.54, 1.807) is 0 Å². The zero-order chi connectivity index (χ0) is 19.2. The van der Waals surface area contributed by atoms with Crippen molar-refractivity contribution in [2.24, 2.45) is 5.92 Å². The van der Waals surface area contributed by atoms with E-state index in [9.17, 15) is 4.79 Å². The normalized spacial score (nSPS) is 12.5. The lowest BCUT2D eigenvalue weighted by Crippen LogP contribution is -2.26. The van der Waals surface area contributed by atoms with Gasteiger partial charge in [-0.1, -0.05) is 45.0 Å². The van der Waals surface area contributed by atoms with E-state index in [-0.39, 0.29) is 17.5 Å². The fraction of sp³-hybridized carbons (Fsp3) is 0.435. The van der Waals surface area contributed by atoms with Crippen LogP contribution in [-0.4, -0.2) is 11.6 Å². The van der Waals surface area contributed by atoms with E-state index in [4.69, 9.17) is 9.47 Å². The van der Waals surface area contributed by atoms with Gasteiger partial charge in [-0.25, -0.2) is 0 Å². The highest BCUT2D eigenvalue weighted by atomic mass is 16.5. The van der Waals surface area contributed by atoms with Gasteiger partial charge in [0.15, 0.2) is 0 Å². The number of hydrogen-bond acceptors (Lipinski definition) is 3. The van der Waals surface area contributed by atoms with Gasteiger partial charge in [-0.05, 0) is 68.5 Å². The fourth-order valence-electron chi connectivity index (χ4n) is 2.36. The van der Waals surface area contributed by atoms with Crippen LogP contribution < -0.4 is 9.47 Å². The monoisotopic (exact) mass is 354 g/mol. The molecular formula is C23H30O3. The molecule has 3 heteroatoms. The third-order valence-electron chi connectivity index (χ3n) is 4.73. The molecule has 2 rings (SSSR count). The van der Waals surface area contributed by atoms with Crippen LogP contribution in [-0.2, 0) is 11.2 Å². The molecule has 0 N–H and O–H groups in total. The van der Waals surface area contributed by atoms with Crippen LogP contribution in [0.4, 0.5) is 0 Å². The molecule has 140 valence electrons. The van der Waals surface area contributed by atoms with Crippen molar-refractivity contribution in [1.82, 2.24) is 0 Å². The van der Waals surface area contributed by atoms with Crippen molar-refractivity contribution >= 4 is 5.97 Å². The van der Waals surface area contributed by atoms with Gasteiger partial charge < -0.3 is 9.47 Å². The highest BCUT2D eigenvalue weighted by Crippen LogP contribution is 2.23. The maximum Gasteiger partial charge on any atom is 0.314 e. The molecule has 0 radical (unpaired) electrons. The molecule has 26 heavy (non-hydrogen) atoms. The summed E-state index contributed by atoms with van der Waals surface area (Å²) in [5.74, 6) is 1.25. The minimum Gasteiger partial charge on any atom is -0.488 e. The van der Waals surface area contributed by atoms with Crippen LogP contribution in [0.2, 0.25) is 0 Å². The third-order valence-corrected chi connectivity index (χ3v) is 4.73. The lowest BCUT2D eigenvalue weighted by atomic mass is 10.0. The van der Waals surface area contributed by atoms with Crippen LogP contribution in [0.5, 0.6) is 11.5 Å². The standard InChI is InChI=1S/C23H30O3/c1-6-17(3)22(24)25-20-12-8-18(9-13-20)16-19-10-14-21(15-11-19)26-23(4,5)7-2/h8-15,17H,6-7,16H2,1-5H3. The molecule has 0 aliphatic rings. The van der Waals surface area contributed by atoms with Crippen LogP contribution in [0, 0.1) is 5.92 Å². The van der Waals surface area contributed by atoms with Crippen LogP contribution in [0.3, 0.4) is 0 Å². The van der Waals surface area contributed by atoms with Crippen molar-refractivity contribution in [2.45, 2.75) is 59.5 Å². The number of hydrogen-bond donors (Lipinski definition) is 0. The van der Waals surface area contributed by atoms with E-state index in [0.29, 0.717) is 5.75 Å². The Morgan fingerprint density at radius 2 is 1.42 bits per heavy atom. The molecule has 0 aliphatic heterocycles. The Hall–Kier alpha value is -2.29. The molecule has 0 aromatic heterocycles. The van der Waals surface area contributed by atoms with Crippen molar-refractivity contribution in [2.75, 3.05) is 0 Å². The second kappa shape index (κ2) is 8.88. The number of rotatable bonds is 8. The minimum absolute atomic E-state index is 0.0758. The van der Waals surface area contributed by atoms with Gasteiger partial charge in [0.25, 0.3) is 0 Å². The first-order valence-corrected chi connectivity index (χ1v) is 9.41. The molecule has 0 bridgehead atoms. The zero-order valence-corrected chi connectivity index (χ0v) is 16.5. The van der Waals surface area contributed by atoms with Gasteiger partial charge >= 0.3 is 5.97 Å². The van der Waals surface area contributed by atoms with E-state index >= 15 is 0 Å². The largest absolute Gasteiger partial charge is 0.488 e. The SMILES string of the molecule is CCC(C)C(=O)Oc1ccc(Cc2ccc(OC(C)(C)CC)cc2)cc1. The molecule has 1 atom stereocenters. The Balaban J connectivity index is 1.95. The predicted molar refractivity (Wildman–Crippen MR) is 106 cm³/mol. The summed E-state index contributed by atoms with van der Waals surface area (Å²) in [5.41, 5.74) is 2.25. The topological polar surface area (TPSA) is 35.5 Å². The van der Waals surface area contributed by atoms with Crippen LogP contribution in [0.1, 0.15) is 58.6 Å². The number of ether oxygens (including phenoxy) is 2. The van der Waals surface area contributed by atoms with Crippen LogP contribution >= 0.6 is 0 Å². The van der Waals surface area contributed by atoms with E-state index in [0.717, 1.165) is 25.0 Å². The molecule has 0 amide bonds. The number of carbonyl (C=O) groups excluding carboxylic acids is 1. The van der Waals surface area contributed by atoms with Gasteiger partial charge in [-0.2, -0.15) is 0 Å². The molecule has 0 saturated carbocycles. The summed E-state index contributed by atoms with van der Waals surface area (Å²) in [5, 5.41) is 0. The van der Waals surface area contributed by atoms with Crippen molar-refractivity contribution < 1.29 is 14.3 Å². The Morgan fingerprint density at radius 1 is 0.923 bits per heavy atom. The molecule has 0 spiro atoms. The van der Waals surface area contributed by atoms with Crippen molar-refractivity contribution in [3.8, 4) is 11.5 Å². The smallest absolute Gasteiger partial charge is 0.314 e. The summed E-state index contributed by atoms with van der Waals surface area (Å²) < 4.78 is 11.4. The van der Waals surface area contributed by atoms with Gasteiger partial charge in [0, 0.05) is 0 Å². The van der Waals surface area contributed by atoms with Crippen LogP contribution in [0.15, 0.2) is 48.5 Å². The number of carbonyl (C=O) groups is 1. The van der Waals surface area contributed by atoms with E-state index in [1.807, 2.05) is 50.2 Å². The molecule has 0 saturated heterocycles. The highest BCUT2D eigenvalue weighted by Gasteiger charge is 2.16. The summed E-state index contributed by atoms with van der Waals surface area (Å²) in [6.07, 6.45) is 2.58. The van der Waals surface area contributed by atoms with E-state index in [2.05, 4.69) is 32.9 Å². The van der Waals surface area contributed by atoms with Gasteiger partial charge in [0.2, 0.25) is 0 Å². The van der Waals surface area contributed by atoms with E-state index < -0.39 is 0 Å². The Bertz CT molecular complexity index is 699. The van der Waals surface area contributed by atoms with Gasteiger partial charge in [-0.3, -0.25) is 4.79 Å². The minimum atomic E-state index is -0.175. The molecule has 2 aromatic carbocycles. The Labute approximate surface area is 157 Å². The van der Waals surface area contributed by atoms with Crippen molar-refractivity contribution in [1.29, 1.82) is 0 Å². The molecule has 1 unspecified atom stereocenters. The van der Waals surface area contributed by atoms with Gasteiger partial charge in [0.05, 0.1) is 5.92 Å². The average molecular weight is 354 g/mol. The number of benzene rings is 2. The Kier molecular flexibility index (Phi) is 6.84. The third kappa shape index (κ3) is 5.91. The first kappa shape index (κ1) is 20.0. The summed E-state index contributed by atoms with van der Waals surface area (Å²) in [6, 6.07) is 16.0. The van der Waals surface area contributed by atoms with E-state index in [1.165, 1.54) is 11.1 Å². The summed E-state index contributed by atoms with van der Waals surface area (Å²) >= 11 is 0. The molecule has 3 nitrogen and oxygen atoms in total. The van der Waals surface area contributed by atoms with Gasteiger partial charge in [-0.15, -0.1) is 0 Å². The summed E-state index contributed by atoms with van der Waals surface area (Å²) in [4.78, 5) is 11.8. The molecule has 0 aliphatic carbocycles. The molecular weight excluding hydrogens is 324 g/mol. The van der Waals surface area contributed by atoms with Crippen molar-refractivity contribution in [3.05, 3.63) is 59.7 Å². The highest BCUT2D eigenvalue weighted by molar-refractivity contribution is 5.74. The van der Waals surface area contributed by atoms with Crippen molar-refractivity contribution in [3.63, 3.8) is 0 Å². The molecule has 2 aromatic rings. The molecule has 0 heterocycles. The van der Waals surface area contributed by atoms with Crippen LogP contribution in [0.25, 0.3) is 0 Å². The second-order valence-corrected chi connectivity index (χ2v) is 7.41. The Morgan fingerprint density at radius 3 is 1.88 bits per heavy atom. The lowest BCUT2D eigenvalue weighted by molar-refractivity contribution is -0.138. The quantitative estimate of drug-likeness (QED) is 0.444. The first-order chi connectivity index (χ1) is 12.3. The zero-order valence-electron chi connectivity index (χ0n) is 16.5. The fourth-order valence-corrected chi connectivity index (χ4v) is 2.36. The maximum atomic E-state index is 11.8. The predicted octanol–water partition coefficient (Wildman–Crippen LogP) is 5.80. The maximum absolute atomic E-state index is 11.8. The first-order valence-electron chi connectivity index (χ1n) is 9.41. The molecule has 0 fully saturated rings. The van der Waals surface area contributed by atoms with Gasteiger partial charge in [0.1, 0.15) is 17.1 Å². The summed E-state index contributed by atoms with van der Waals surface area (Å²) in [6.45, 7) is 10.2. The average Bonchev–Trinajstić information content (AvgIpc) is 2.64. The summed E-state index contributed by atoms with van der Waals surface area (Å²) in [7, 11) is 0. The lowest BCUT2D eigenvalue weighted by Gasteiger charge is -2.24. The number of esters is 1.